The number of nitrogens with zero attached hydrogens (tertiary/aromatic N) is 2. The maximum atomic E-state index is 12.4. The average molecular weight is 343 g/mol. The molecule has 1 fully saturated rings. The first-order chi connectivity index (χ1) is 12.0. The lowest BCUT2D eigenvalue weighted by Gasteiger charge is -2.29. The molecule has 0 bridgehead atoms. The minimum Gasteiger partial charge on any atom is -0.490 e. The molecule has 0 radical (unpaired) electrons. The van der Waals surface area contributed by atoms with Crippen molar-refractivity contribution in [3.63, 3.8) is 0 Å². The van der Waals surface area contributed by atoms with E-state index in [2.05, 4.69) is 12.2 Å². The Morgan fingerprint density at radius 3 is 2.76 bits per heavy atom. The molecule has 2 rings (SSSR count). The molecule has 2 atom stereocenters. The molecule has 1 saturated carbocycles. The number of nitrogens with one attached hydrogen (secondary N) is 1. The number of carbonyl (C=O) groups excluding carboxylic acids is 1. The Morgan fingerprint density at radius 1 is 1.44 bits per heavy atom. The molecule has 0 saturated heterocycles. The Kier molecular flexibility index (Phi) is 6.12. The molecule has 0 aromatic heterocycles. The molecule has 1 aromatic rings. The van der Waals surface area contributed by atoms with Crippen molar-refractivity contribution in [3.8, 4) is 11.8 Å². The molecule has 1 aliphatic rings. The van der Waals surface area contributed by atoms with Crippen LogP contribution in [-0.4, -0.2) is 24.0 Å². The lowest BCUT2D eigenvalue weighted by molar-refractivity contribution is -0.385. The van der Waals surface area contributed by atoms with Crippen LogP contribution < -0.4 is 10.1 Å². The lowest BCUT2D eigenvalue weighted by atomic mass is 9.86. The van der Waals surface area contributed by atoms with Crippen LogP contribution in [0.2, 0.25) is 0 Å². The van der Waals surface area contributed by atoms with Gasteiger partial charge in [0.25, 0.3) is 5.91 Å². The van der Waals surface area contributed by atoms with E-state index in [1.54, 1.807) is 6.07 Å². The Balaban J connectivity index is 2.22. The molecule has 1 aliphatic carbocycles. The van der Waals surface area contributed by atoms with E-state index >= 15 is 0 Å². The highest BCUT2D eigenvalue weighted by atomic mass is 16.6. The first kappa shape index (κ1) is 18.5. The highest BCUT2D eigenvalue weighted by Crippen LogP contribution is 2.28. The zero-order valence-electron chi connectivity index (χ0n) is 14.3. The predicted octanol–water partition coefficient (Wildman–Crippen LogP) is 3.21. The summed E-state index contributed by atoms with van der Waals surface area (Å²) in [6.07, 6.45) is 5.53. The van der Waals surface area contributed by atoms with E-state index in [1.807, 2.05) is 6.07 Å². The van der Waals surface area contributed by atoms with Gasteiger partial charge in [-0.1, -0.05) is 25.8 Å². The second-order valence-electron chi connectivity index (χ2n) is 6.20. The Bertz CT molecular complexity index is 736. The third-order valence-corrected chi connectivity index (χ3v) is 4.50. The summed E-state index contributed by atoms with van der Waals surface area (Å²) in [7, 11) is 1.34. The van der Waals surface area contributed by atoms with Gasteiger partial charge in [-0.05, 0) is 36.5 Å². The van der Waals surface area contributed by atoms with Crippen molar-refractivity contribution in [1.29, 1.82) is 5.26 Å². The number of amides is 1. The van der Waals surface area contributed by atoms with Crippen molar-refractivity contribution in [2.45, 2.75) is 38.6 Å². The van der Waals surface area contributed by atoms with Crippen LogP contribution in [0.15, 0.2) is 23.8 Å². The Labute approximate surface area is 146 Å². The van der Waals surface area contributed by atoms with Crippen LogP contribution in [0, 0.1) is 27.4 Å². The molecular formula is C18H21N3O4. The number of benzene rings is 1. The van der Waals surface area contributed by atoms with Gasteiger partial charge in [0.1, 0.15) is 11.6 Å². The topological polar surface area (TPSA) is 105 Å². The van der Waals surface area contributed by atoms with Gasteiger partial charge >= 0.3 is 5.69 Å². The molecule has 0 aliphatic heterocycles. The number of nitro groups is 1. The molecule has 1 amide bonds. The van der Waals surface area contributed by atoms with Crippen LogP contribution in [0.25, 0.3) is 6.08 Å². The smallest absolute Gasteiger partial charge is 0.311 e. The summed E-state index contributed by atoms with van der Waals surface area (Å²) in [4.78, 5) is 22.9. The zero-order valence-corrected chi connectivity index (χ0v) is 14.3. The number of carbonyl (C=O) groups is 1. The van der Waals surface area contributed by atoms with E-state index in [0.717, 1.165) is 25.7 Å². The highest BCUT2D eigenvalue weighted by Gasteiger charge is 2.24. The van der Waals surface area contributed by atoms with Gasteiger partial charge in [-0.2, -0.15) is 5.26 Å². The molecular weight excluding hydrogens is 322 g/mol. The largest absolute Gasteiger partial charge is 0.490 e. The second kappa shape index (κ2) is 8.29. The van der Waals surface area contributed by atoms with Gasteiger partial charge in [0.15, 0.2) is 5.75 Å². The Morgan fingerprint density at radius 2 is 2.16 bits per heavy atom. The van der Waals surface area contributed by atoms with E-state index in [0.29, 0.717) is 11.5 Å². The predicted molar refractivity (Wildman–Crippen MR) is 92.8 cm³/mol. The van der Waals surface area contributed by atoms with Crippen LogP contribution >= 0.6 is 0 Å². The van der Waals surface area contributed by atoms with E-state index in [-0.39, 0.29) is 23.1 Å². The molecule has 0 heterocycles. The summed E-state index contributed by atoms with van der Waals surface area (Å²) in [6.45, 7) is 2.09. The summed E-state index contributed by atoms with van der Waals surface area (Å²) >= 11 is 0. The number of ether oxygens (including phenoxy) is 1. The number of hydrogen-bond donors (Lipinski definition) is 1. The van der Waals surface area contributed by atoms with Crippen molar-refractivity contribution in [3.05, 3.63) is 39.4 Å². The van der Waals surface area contributed by atoms with Gasteiger partial charge in [-0.3, -0.25) is 14.9 Å². The van der Waals surface area contributed by atoms with Gasteiger partial charge in [-0.15, -0.1) is 0 Å². The van der Waals surface area contributed by atoms with E-state index in [1.165, 1.54) is 25.3 Å². The van der Waals surface area contributed by atoms with Crippen LogP contribution in [0.1, 0.15) is 38.2 Å². The quantitative estimate of drug-likeness (QED) is 0.382. The Hall–Kier alpha value is -2.88. The molecule has 1 aromatic carbocycles. The fourth-order valence-electron chi connectivity index (χ4n) is 3.03. The summed E-state index contributed by atoms with van der Waals surface area (Å²) in [6, 6.07) is 6.24. The zero-order chi connectivity index (χ0) is 18.4. The molecule has 0 unspecified atom stereocenters. The van der Waals surface area contributed by atoms with Gasteiger partial charge in [-0.25, -0.2) is 0 Å². The fraction of sp³-hybridized carbons (Fsp3) is 0.444. The van der Waals surface area contributed by atoms with Crippen molar-refractivity contribution in [1.82, 2.24) is 5.32 Å². The third-order valence-electron chi connectivity index (χ3n) is 4.50. The number of rotatable bonds is 5. The van der Waals surface area contributed by atoms with Crippen LogP contribution in [0.5, 0.6) is 5.75 Å². The molecule has 25 heavy (non-hydrogen) atoms. The van der Waals surface area contributed by atoms with Crippen molar-refractivity contribution >= 4 is 17.7 Å². The molecule has 7 heteroatoms. The summed E-state index contributed by atoms with van der Waals surface area (Å²) in [5.74, 6) is 0.0561. The first-order valence-electron chi connectivity index (χ1n) is 8.21. The number of methoxy groups -OCH3 is 1. The van der Waals surface area contributed by atoms with E-state index in [4.69, 9.17) is 4.74 Å². The number of nitriles is 1. The second-order valence-corrected chi connectivity index (χ2v) is 6.20. The average Bonchev–Trinajstić information content (AvgIpc) is 2.61. The van der Waals surface area contributed by atoms with E-state index in [9.17, 15) is 20.2 Å². The first-order valence-corrected chi connectivity index (χ1v) is 8.21. The standard InChI is InChI=1S/C18H21N3O4/c1-12-5-3-4-6-15(12)20-18(22)14(11-19)9-13-7-8-17(25-2)16(10-13)21(23)24/h7-10,12,15H,3-6H2,1-2H3,(H,20,22)/b14-9-/t12-,15-/m1/s1. The van der Waals surface area contributed by atoms with Crippen molar-refractivity contribution in [2.75, 3.05) is 7.11 Å². The minimum atomic E-state index is -0.563. The monoisotopic (exact) mass is 343 g/mol. The molecule has 7 nitrogen and oxygen atoms in total. The maximum Gasteiger partial charge on any atom is 0.311 e. The number of hydrogen-bond acceptors (Lipinski definition) is 5. The highest BCUT2D eigenvalue weighted by molar-refractivity contribution is 6.01. The summed E-state index contributed by atoms with van der Waals surface area (Å²) in [5.41, 5.74) is 0.114. The van der Waals surface area contributed by atoms with Gasteiger partial charge < -0.3 is 10.1 Å². The minimum absolute atomic E-state index is 0.0585. The lowest BCUT2D eigenvalue weighted by Crippen LogP contribution is -2.41. The normalized spacial score (nSPS) is 20.4. The molecule has 132 valence electrons. The summed E-state index contributed by atoms with van der Waals surface area (Å²) in [5, 5.41) is 23.3. The van der Waals surface area contributed by atoms with Crippen LogP contribution in [0.4, 0.5) is 5.69 Å². The van der Waals surface area contributed by atoms with Crippen LogP contribution in [-0.2, 0) is 4.79 Å². The molecule has 1 N–H and O–H groups in total. The van der Waals surface area contributed by atoms with Crippen molar-refractivity contribution in [2.24, 2.45) is 5.92 Å². The van der Waals surface area contributed by atoms with E-state index < -0.39 is 10.8 Å². The fourth-order valence-corrected chi connectivity index (χ4v) is 3.03. The van der Waals surface area contributed by atoms with Gasteiger partial charge in [0.2, 0.25) is 0 Å². The van der Waals surface area contributed by atoms with Gasteiger partial charge in [0.05, 0.1) is 12.0 Å². The summed E-state index contributed by atoms with van der Waals surface area (Å²) < 4.78 is 4.95. The number of nitro benzene ring substituents is 1. The van der Waals surface area contributed by atoms with Crippen LogP contribution in [0.3, 0.4) is 0 Å². The SMILES string of the molecule is COc1ccc(/C=C(/C#N)C(=O)N[C@@H]2CCCC[C@H]2C)cc1[N+](=O)[O-]. The maximum absolute atomic E-state index is 12.4. The molecule has 0 spiro atoms. The van der Waals surface area contributed by atoms with Crippen molar-refractivity contribution < 1.29 is 14.5 Å². The third kappa shape index (κ3) is 4.57. The van der Waals surface area contributed by atoms with Gasteiger partial charge in [0, 0.05) is 12.1 Å².